The van der Waals surface area contributed by atoms with Crippen molar-refractivity contribution in [1.82, 2.24) is 15.5 Å². The Labute approximate surface area is 199 Å². The molecular formula is C26H32N4O4. The van der Waals surface area contributed by atoms with Crippen molar-refractivity contribution in [3.63, 3.8) is 0 Å². The number of aromatic amines is 1. The molecule has 0 spiro atoms. The number of H-pyrrole nitrogens is 1. The first-order valence-electron chi connectivity index (χ1n) is 11.6. The summed E-state index contributed by atoms with van der Waals surface area (Å²) in [6.45, 7) is 2.71. The second-order valence-corrected chi connectivity index (χ2v) is 8.58. The summed E-state index contributed by atoms with van der Waals surface area (Å²) >= 11 is 0. The van der Waals surface area contributed by atoms with Crippen LogP contribution in [0.2, 0.25) is 0 Å². The smallest absolute Gasteiger partial charge is 0.249 e. The molecule has 1 amide bonds. The monoisotopic (exact) mass is 464 g/mol. The van der Waals surface area contributed by atoms with Gasteiger partial charge in [0.1, 0.15) is 17.2 Å². The number of aryl methyl sites for hydroxylation is 2. The molecule has 1 aliphatic rings. The number of nitrogens with zero attached hydrogens (tertiary/aromatic N) is 1. The molecule has 0 saturated carbocycles. The van der Waals surface area contributed by atoms with Gasteiger partial charge < -0.3 is 25.3 Å². The molecular weight excluding hydrogens is 432 g/mol. The lowest BCUT2D eigenvalue weighted by atomic mass is 9.99. The zero-order valence-corrected chi connectivity index (χ0v) is 19.7. The Morgan fingerprint density at radius 2 is 1.74 bits per heavy atom. The minimum Gasteiger partial charge on any atom is -0.497 e. The molecule has 0 bridgehead atoms. The standard InChI is InChI=1S/C26H32N4O4/c1-32-21-11-18(12-22(14-21)33-2)3-4-19-13-25(30-29-19)24-15-20(5-6-23(24)26(27)31)34-16-17-7-9-28-10-8-17/h5-6,11-15,17,28H,3-4,7-10,16H2,1-2H3,(H2,27,31)(H,29,30). The molecule has 34 heavy (non-hydrogen) atoms. The second kappa shape index (κ2) is 11.1. The molecule has 8 nitrogen and oxygen atoms in total. The third kappa shape index (κ3) is 5.88. The second-order valence-electron chi connectivity index (χ2n) is 8.58. The van der Waals surface area contributed by atoms with Crippen molar-refractivity contribution < 1.29 is 19.0 Å². The van der Waals surface area contributed by atoms with E-state index in [1.807, 2.05) is 30.3 Å². The fraction of sp³-hybridized carbons (Fsp3) is 0.385. The van der Waals surface area contributed by atoms with E-state index in [1.54, 1.807) is 26.4 Å². The number of carbonyl (C=O) groups excluding carboxylic acids is 1. The van der Waals surface area contributed by atoms with E-state index in [9.17, 15) is 4.79 Å². The Morgan fingerprint density at radius 3 is 2.41 bits per heavy atom. The highest BCUT2D eigenvalue weighted by Gasteiger charge is 2.17. The molecule has 8 heteroatoms. The number of aromatic nitrogens is 2. The fourth-order valence-corrected chi connectivity index (χ4v) is 4.22. The van der Waals surface area contributed by atoms with Crippen LogP contribution in [0, 0.1) is 5.92 Å². The molecule has 1 saturated heterocycles. The van der Waals surface area contributed by atoms with Gasteiger partial charge in [-0.05, 0) is 86.7 Å². The average Bonchev–Trinajstić information content (AvgIpc) is 3.35. The molecule has 1 aliphatic heterocycles. The zero-order valence-electron chi connectivity index (χ0n) is 19.7. The number of amides is 1. The SMILES string of the molecule is COc1cc(CCc2cc(-c3cc(OCC4CCNCC4)ccc3C(N)=O)n[nH]2)cc(OC)c1. The fourth-order valence-electron chi connectivity index (χ4n) is 4.22. The van der Waals surface area contributed by atoms with E-state index in [0.29, 0.717) is 35.1 Å². The highest BCUT2D eigenvalue weighted by Crippen LogP contribution is 2.29. The van der Waals surface area contributed by atoms with Crippen LogP contribution in [0.15, 0.2) is 42.5 Å². The average molecular weight is 465 g/mol. The van der Waals surface area contributed by atoms with Crippen LogP contribution in [-0.4, -0.2) is 50.0 Å². The Bertz CT molecular complexity index is 1100. The predicted molar refractivity (Wildman–Crippen MR) is 131 cm³/mol. The topological polar surface area (TPSA) is 111 Å². The number of methoxy groups -OCH3 is 2. The summed E-state index contributed by atoms with van der Waals surface area (Å²) in [6.07, 6.45) is 3.72. The summed E-state index contributed by atoms with van der Waals surface area (Å²) in [7, 11) is 3.28. The maximum absolute atomic E-state index is 12.1. The Balaban J connectivity index is 1.48. The molecule has 0 aliphatic carbocycles. The van der Waals surface area contributed by atoms with Gasteiger partial charge in [-0.2, -0.15) is 5.10 Å². The lowest BCUT2D eigenvalue weighted by molar-refractivity contribution is 0.100. The van der Waals surface area contributed by atoms with Crippen molar-refractivity contribution in [2.45, 2.75) is 25.7 Å². The summed E-state index contributed by atoms with van der Waals surface area (Å²) in [5.41, 5.74) is 9.44. The first kappa shape index (κ1) is 23.6. The summed E-state index contributed by atoms with van der Waals surface area (Å²) in [6, 6.07) is 13.2. The van der Waals surface area contributed by atoms with Crippen LogP contribution in [-0.2, 0) is 12.8 Å². The highest BCUT2D eigenvalue weighted by atomic mass is 16.5. The summed E-state index contributed by atoms with van der Waals surface area (Å²) in [5, 5.41) is 10.9. The lowest BCUT2D eigenvalue weighted by Gasteiger charge is -2.22. The van der Waals surface area contributed by atoms with Crippen molar-refractivity contribution in [3.8, 4) is 28.5 Å². The normalized spacial score (nSPS) is 14.1. The van der Waals surface area contributed by atoms with Gasteiger partial charge in [-0.1, -0.05) is 0 Å². The van der Waals surface area contributed by atoms with Crippen LogP contribution in [0.5, 0.6) is 17.2 Å². The van der Waals surface area contributed by atoms with E-state index >= 15 is 0 Å². The van der Waals surface area contributed by atoms with Crippen molar-refractivity contribution in [2.75, 3.05) is 33.9 Å². The Kier molecular flexibility index (Phi) is 7.69. The van der Waals surface area contributed by atoms with Gasteiger partial charge in [0.05, 0.1) is 26.5 Å². The van der Waals surface area contributed by atoms with Crippen LogP contribution in [0.3, 0.4) is 0 Å². The number of rotatable bonds is 10. The third-order valence-electron chi connectivity index (χ3n) is 6.20. The molecule has 4 rings (SSSR count). The number of primary amides is 1. The van der Waals surface area contributed by atoms with Crippen molar-refractivity contribution in [2.24, 2.45) is 11.7 Å². The van der Waals surface area contributed by atoms with Gasteiger partial charge in [0.2, 0.25) is 5.91 Å². The van der Waals surface area contributed by atoms with Crippen molar-refractivity contribution in [3.05, 3.63) is 59.3 Å². The van der Waals surface area contributed by atoms with Gasteiger partial charge in [0.25, 0.3) is 0 Å². The van der Waals surface area contributed by atoms with Crippen LogP contribution >= 0.6 is 0 Å². The molecule has 2 aromatic carbocycles. The molecule has 0 unspecified atom stereocenters. The summed E-state index contributed by atoms with van der Waals surface area (Å²) in [5.74, 6) is 2.27. The van der Waals surface area contributed by atoms with Gasteiger partial charge in [-0.15, -0.1) is 0 Å². The van der Waals surface area contributed by atoms with Crippen LogP contribution in [0.4, 0.5) is 0 Å². The minimum absolute atomic E-state index is 0.421. The molecule has 180 valence electrons. The molecule has 1 aromatic heterocycles. The molecule has 1 fully saturated rings. The first-order chi connectivity index (χ1) is 16.6. The van der Waals surface area contributed by atoms with Gasteiger partial charge in [-0.3, -0.25) is 9.89 Å². The number of hydrogen-bond donors (Lipinski definition) is 3. The number of nitrogens with one attached hydrogen (secondary N) is 2. The Morgan fingerprint density at radius 1 is 1.00 bits per heavy atom. The highest BCUT2D eigenvalue weighted by molar-refractivity contribution is 5.99. The number of ether oxygens (including phenoxy) is 3. The van der Waals surface area contributed by atoms with Gasteiger partial charge in [0, 0.05) is 22.9 Å². The van der Waals surface area contributed by atoms with E-state index in [4.69, 9.17) is 19.9 Å². The van der Waals surface area contributed by atoms with Gasteiger partial charge in [-0.25, -0.2) is 0 Å². The number of carbonyl (C=O) groups is 1. The summed E-state index contributed by atoms with van der Waals surface area (Å²) < 4.78 is 16.8. The van der Waals surface area contributed by atoms with Crippen molar-refractivity contribution in [1.29, 1.82) is 0 Å². The van der Waals surface area contributed by atoms with E-state index in [2.05, 4.69) is 15.5 Å². The summed E-state index contributed by atoms with van der Waals surface area (Å²) in [4.78, 5) is 12.1. The molecule has 2 heterocycles. The first-order valence-corrected chi connectivity index (χ1v) is 11.6. The van der Waals surface area contributed by atoms with Gasteiger partial charge in [0.15, 0.2) is 0 Å². The van der Waals surface area contributed by atoms with Crippen LogP contribution in [0.1, 0.15) is 34.5 Å². The van der Waals surface area contributed by atoms with E-state index in [0.717, 1.165) is 61.5 Å². The lowest BCUT2D eigenvalue weighted by Crippen LogP contribution is -2.30. The predicted octanol–water partition coefficient (Wildman–Crippen LogP) is 3.36. The van der Waals surface area contributed by atoms with E-state index in [-0.39, 0.29) is 0 Å². The Hall–Kier alpha value is -3.52. The largest absolute Gasteiger partial charge is 0.497 e. The maximum Gasteiger partial charge on any atom is 0.249 e. The number of piperidine rings is 1. The number of nitrogens with two attached hydrogens (primary N) is 1. The number of hydrogen-bond acceptors (Lipinski definition) is 6. The molecule has 0 radical (unpaired) electrons. The minimum atomic E-state index is -0.493. The van der Waals surface area contributed by atoms with E-state index in [1.165, 1.54) is 0 Å². The zero-order chi connectivity index (χ0) is 23.9. The molecule has 0 atom stereocenters. The third-order valence-corrected chi connectivity index (χ3v) is 6.20. The quantitative estimate of drug-likeness (QED) is 0.424. The van der Waals surface area contributed by atoms with Gasteiger partial charge >= 0.3 is 0 Å². The molecule has 4 N–H and O–H groups in total. The van der Waals surface area contributed by atoms with Crippen molar-refractivity contribution >= 4 is 5.91 Å². The van der Waals surface area contributed by atoms with E-state index < -0.39 is 5.91 Å². The maximum atomic E-state index is 12.1. The van der Waals surface area contributed by atoms with Crippen LogP contribution in [0.25, 0.3) is 11.3 Å². The number of benzene rings is 2. The molecule has 3 aromatic rings. The van der Waals surface area contributed by atoms with Crippen LogP contribution < -0.4 is 25.3 Å².